The van der Waals surface area contributed by atoms with E-state index in [2.05, 4.69) is 48.5 Å². The third kappa shape index (κ3) is 88.8. The first-order valence-electron chi connectivity index (χ1n) is 3.45. The van der Waals surface area contributed by atoms with Crippen molar-refractivity contribution in [2.45, 2.75) is 20.8 Å². The fourth-order valence-electron chi connectivity index (χ4n) is 0. The molecule has 0 aromatic carbocycles. The van der Waals surface area contributed by atoms with Gasteiger partial charge in [-0.3, -0.25) is 12.9 Å². The molecule has 0 aliphatic carbocycles. The van der Waals surface area contributed by atoms with Crippen LogP contribution in [-0.4, -0.2) is 19.8 Å². The molecule has 0 fully saturated rings. The molecule has 0 aromatic heterocycles. The molecule has 0 atom stereocenters. The second-order valence-electron chi connectivity index (χ2n) is 1.19. The molecule has 82 valence electrons. The summed E-state index contributed by atoms with van der Waals surface area (Å²) in [7, 11) is 0. The summed E-state index contributed by atoms with van der Waals surface area (Å²) in [5.41, 5.74) is 0. The van der Waals surface area contributed by atoms with Gasteiger partial charge in [0.25, 0.3) is 0 Å². The molecule has 0 aromatic rings. The Bertz CT molecular complexity index is 38.6. The molecule has 0 unspecified atom stereocenters. The zero-order valence-electron chi connectivity index (χ0n) is 7.98. The summed E-state index contributed by atoms with van der Waals surface area (Å²) in [6.45, 7) is 7.23. The van der Waals surface area contributed by atoms with Gasteiger partial charge >= 0.3 is 0 Å². The predicted octanol–water partition coefficient (Wildman–Crippen LogP) is 3.53. The van der Waals surface area contributed by atoms with E-state index in [0.717, 1.165) is 0 Å². The molecule has 0 rings (SSSR count). The van der Waals surface area contributed by atoms with E-state index in [0.29, 0.717) is 19.8 Å². The maximum absolute atomic E-state index is 4.69. The van der Waals surface area contributed by atoms with Gasteiger partial charge in [-0.05, 0) is 20.8 Å². The zero-order chi connectivity index (χ0) is 10.2. The minimum atomic E-state index is 0. The molecular weight excluding hydrogens is 274 g/mol. The molecule has 13 heavy (non-hydrogen) atoms. The van der Waals surface area contributed by atoms with E-state index in [1.54, 1.807) is 0 Å². The number of halogens is 3. The van der Waals surface area contributed by atoms with E-state index in [1.165, 1.54) is 0 Å². The molecule has 0 amide bonds. The van der Waals surface area contributed by atoms with Crippen molar-refractivity contribution >= 4 is 35.6 Å². The normalized spacial score (nSPS) is 6.92. The molecule has 0 N–H and O–H groups in total. The van der Waals surface area contributed by atoms with Crippen LogP contribution in [0, 0.1) is 0 Å². The molecule has 0 aliphatic rings. The monoisotopic (exact) mass is 288 g/mol. The van der Waals surface area contributed by atoms with E-state index in [4.69, 9.17) is 0 Å². The van der Waals surface area contributed by atoms with E-state index < -0.39 is 0 Å². The maximum Gasteiger partial charge on any atom is 0.0654 e. The minimum Gasteiger partial charge on any atom is -0.280 e. The second kappa shape index (κ2) is 37.5. The average molecular weight is 289 g/mol. The molecule has 0 aliphatic heterocycles. The summed E-state index contributed by atoms with van der Waals surface area (Å²) in [5, 5.41) is 0. The third-order valence-corrected chi connectivity index (χ3v) is 0.982. The molecule has 0 bridgehead atoms. The third-order valence-electron chi connectivity index (χ3n) is 0.327. The smallest absolute Gasteiger partial charge is 0.0654 e. The van der Waals surface area contributed by atoms with Gasteiger partial charge in [-0.25, -0.2) is 0 Å². The van der Waals surface area contributed by atoms with Gasteiger partial charge in [-0.15, -0.1) is 0 Å². The van der Waals surface area contributed by atoms with Gasteiger partial charge in [0, 0.05) is 21.7 Å². The predicted molar refractivity (Wildman–Crippen MR) is 52.4 cm³/mol. The number of hydrogen-bond donors (Lipinski definition) is 0. The zero-order valence-corrected chi connectivity index (χ0v) is 11.8. The van der Waals surface area contributed by atoms with Crippen LogP contribution in [0.5, 0.6) is 0 Å². The first-order valence-corrected chi connectivity index (χ1v) is 4.38. The summed E-state index contributed by atoms with van der Waals surface area (Å²) in [6, 6.07) is 0. The summed E-state index contributed by atoms with van der Waals surface area (Å²) in [4.78, 5) is 0. The van der Waals surface area contributed by atoms with Gasteiger partial charge < -0.3 is 0 Å². The first kappa shape index (κ1) is 23.9. The van der Waals surface area contributed by atoms with Gasteiger partial charge in [0.05, 0.1) is 55.4 Å². The Hall–Kier alpha value is 1.46. The summed E-state index contributed by atoms with van der Waals surface area (Å²) >= 11 is 14.1. The van der Waals surface area contributed by atoms with Crippen molar-refractivity contribution in [3.05, 3.63) is 0 Å². The van der Waals surface area contributed by atoms with Crippen molar-refractivity contribution in [1.82, 2.24) is 0 Å². The van der Waals surface area contributed by atoms with Crippen LogP contribution in [0.1, 0.15) is 20.8 Å². The van der Waals surface area contributed by atoms with Crippen molar-refractivity contribution in [2.75, 3.05) is 19.8 Å². The Morgan fingerprint density at radius 2 is 0.769 bits per heavy atom. The van der Waals surface area contributed by atoms with Crippen LogP contribution in [0.4, 0.5) is 0 Å². The summed E-state index contributed by atoms with van der Waals surface area (Å²) < 4.78 is 12.0. The van der Waals surface area contributed by atoms with Crippen molar-refractivity contribution in [3.8, 4) is 0 Å². The first-order chi connectivity index (χ1) is 5.74. The standard InChI is InChI=1S/3C2H5ClO.Ti/c3*1-2-4-3;/h3*2H2,1H3;. The van der Waals surface area contributed by atoms with E-state index in [1.807, 2.05) is 20.8 Å². The molecule has 0 heterocycles. The van der Waals surface area contributed by atoms with Crippen LogP contribution in [0.2, 0.25) is 0 Å². The van der Waals surface area contributed by atoms with Crippen LogP contribution in [-0.2, 0) is 34.6 Å². The van der Waals surface area contributed by atoms with Gasteiger partial charge in [0.1, 0.15) is 0 Å². The fourth-order valence-corrected chi connectivity index (χ4v) is 0. The Kier molecular flexibility index (Phi) is 69.2. The summed E-state index contributed by atoms with van der Waals surface area (Å²) in [5.74, 6) is 0. The quantitative estimate of drug-likeness (QED) is 0.744. The van der Waals surface area contributed by atoms with Crippen LogP contribution in [0.3, 0.4) is 0 Å². The van der Waals surface area contributed by atoms with Gasteiger partial charge in [-0.2, -0.15) is 0 Å². The number of rotatable bonds is 3. The van der Waals surface area contributed by atoms with Crippen molar-refractivity contribution in [3.63, 3.8) is 0 Å². The SMILES string of the molecule is CCOCl.CCOCl.CCOCl.[Ti]. The Balaban J connectivity index is -0.0000000450. The van der Waals surface area contributed by atoms with Gasteiger partial charge in [0.15, 0.2) is 0 Å². The summed E-state index contributed by atoms with van der Waals surface area (Å²) in [6.07, 6.45) is 0. The van der Waals surface area contributed by atoms with E-state index in [-0.39, 0.29) is 21.7 Å². The Labute approximate surface area is 110 Å². The molecular formula is C6H15Cl3O3Ti. The van der Waals surface area contributed by atoms with Crippen LogP contribution in [0.15, 0.2) is 0 Å². The van der Waals surface area contributed by atoms with Gasteiger partial charge in [-0.1, -0.05) is 0 Å². The van der Waals surface area contributed by atoms with Gasteiger partial charge in [0.2, 0.25) is 0 Å². The molecule has 7 heteroatoms. The Morgan fingerprint density at radius 3 is 0.769 bits per heavy atom. The Morgan fingerprint density at radius 1 is 0.692 bits per heavy atom. The molecule has 0 saturated heterocycles. The van der Waals surface area contributed by atoms with Crippen LogP contribution < -0.4 is 0 Å². The average Bonchev–Trinajstić information content (AvgIpc) is 2.18. The molecule has 0 saturated carbocycles. The fraction of sp³-hybridized carbons (Fsp3) is 1.00. The molecule has 0 spiro atoms. The number of hydrogen-bond acceptors (Lipinski definition) is 3. The minimum absolute atomic E-state index is 0. The van der Waals surface area contributed by atoms with Crippen molar-refractivity contribution in [1.29, 1.82) is 0 Å². The second-order valence-corrected chi connectivity index (χ2v) is 1.85. The molecule has 0 radical (unpaired) electrons. The van der Waals surface area contributed by atoms with Crippen LogP contribution >= 0.6 is 35.6 Å². The topological polar surface area (TPSA) is 27.7 Å². The van der Waals surface area contributed by atoms with E-state index in [9.17, 15) is 0 Å². The maximum atomic E-state index is 4.69. The molecule has 3 nitrogen and oxygen atoms in total. The largest absolute Gasteiger partial charge is 0.280 e. The van der Waals surface area contributed by atoms with Crippen molar-refractivity contribution in [2.24, 2.45) is 0 Å². The van der Waals surface area contributed by atoms with Crippen LogP contribution in [0.25, 0.3) is 0 Å². The van der Waals surface area contributed by atoms with E-state index >= 15 is 0 Å². The van der Waals surface area contributed by atoms with Crippen molar-refractivity contribution < 1.29 is 34.6 Å².